The third kappa shape index (κ3) is 2.69. The predicted octanol–water partition coefficient (Wildman–Crippen LogP) is 1.87. The summed E-state index contributed by atoms with van der Waals surface area (Å²) in [5, 5.41) is 6.70. The zero-order chi connectivity index (χ0) is 9.80. The Balaban J connectivity index is 1.85. The van der Waals surface area contributed by atoms with Crippen LogP contribution in [0.5, 0.6) is 0 Å². The highest BCUT2D eigenvalue weighted by Gasteiger charge is 2.13. The molecule has 0 spiro atoms. The van der Waals surface area contributed by atoms with Crippen LogP contribution in [-0.4, -0.2) is 24.6 Å². The normalized spacial score (nSPS) is 21.1. The summed E-state index contributed by atoms with van der Waals surface area (Å²) in [5.74, 6) is 1.70. The van der Waals surface area contributed by atoms with Crippen LogP contribution in [0.4, 0.5) is 5.82 Å². The maximum atomic E-state index is 4.32. The maximum Gasteiger partial charge on any atom is 0.127 e. The van der Waals surface area contributed by atoms with Crippen molar-refractivity contribution < 1.29 is 0 Å². The van der Waals surface area contributed by atoms with Gasteiger partial charge in [-0.2, -0.15) is 0 Å². The molecule has 2 rings (SSSR count). The van der Waals surface area contributed by atoms with Crippen molar-refractivity contribution in [3.8, 4) is 0 Å². The molecule has 0 radical (unpaired) electrons. The molecule has 76 valence electrons. The van der Waals surface area contributed by atoms with Crippen LogP contribution in [-0.2, 0) is 0 Å². The lowest BCUT2D eigenvalue weighted by Gasteiger charge is -2.10. The first-order chi connectivity index (χ1) is 6.84. The van der Waals surface area contributed by atoms with Gasteiger partial charge in [-0.1, -0.05) is 6.07 Å². The van der Waals surface area contributed by atoms with E-state index in [1.165, 1.54) is 6.42 Å². The van der Waals surface area contributed by atoms with E-state index in [-0.39, 0.29) is 0 Å². The van der Waals surface area contributed by atoms with Gasteiger partial charge in [-0.15, -0.1) is 0 Å². The van der Waals surface area contributed by atoms with Gasteiger partial charge in [0, 0.05) is 6.54 Å². The fourth-order valence-corrected chi connectivity index (χ4v) is 1.99. The second-order valence-corrected chi connectivity index (χ2v) is 4.40. The van der Waals surface area contributed by atoms with Gasteiger partial charge in [0.05, 0.1) is 0 Å². The molecule has 1 saturated heterocycles. The van der Waals surface area contributed by atoms with Crippen molar-refractivity contribution in [3.05, 3.63) is 22.8 Å². The van der Waals surface area contributed by atoms with E-state index < -0.39 is 0 Å². The molecule has 1 aromatic heterocycles. The van der Waals surface area contributed by atoms with Crippen LogP contribution in [0.15, 0.2) is 22.8 Å². The van der Waals surface area contributed by atoms with Gasteiger partial charge >= 0.3 is 0 Å². The zero-order valence-electron chi connectivity index (χ0n) is 7.96. The van der Waals surface area contributed by atoms with E-state index >= 15 is 0 Å². The van der Waals surface area contributed by atoms with Crippen LogP contribution in [0.2, 0.25) is 0 Å². The molecule has 0 amide bonds. The minimum absolute atomic E-state index is 0.746. The first-order valence-corrected chi connectivity index (χ1v) is 5.71. The lowest BCUT2D eigenvalue weighted by molar-refractivity contribution is 0.614. The molecule has 1 atom stereocenters. The minimum atomic E-state index is 0.746. The van der Waals surface area contributed by atoms with Crippen molar-refractivity contribution in [3.63, 3.8) is 0 Å². The van der Waals surface area contributed by atoms with Gasteiger partial charge in [0.15, 0.2) is 0 Å². The number of hydrogen-bond acceptors (Lipinski definition) is 3. The predicted molar refractivity (Wildman–Crippen MR) is 61.4 cm³/mol. The molecule has 14 heavy (non-hydrogen) atoms. The van der Waals surface area contributed by atoms with Gasteiger partial charge < -0.3 is 10.6 Å². The van der Waals surface area contributed by atoms with Gasteiger partial charge in [0.1, 0.15) is 10.4 Å². The van der Waals surface area contributed by atoms with Gasteiger partial charge in [-0.05, 0) is 53.5 Å². The summed E-state index contributed by atoms with van der Waals surface area (Å²) in [6, 6.07) is 5.92. The first kappa shape index (κ1) is 9.93. The second-order valence-electron chi connectivity index (χ2n) is 3.59. The highest BCUT2D eigenvalue weighted by atomic mass is 79.9. The van der Waals surface area contributed by atoms with E-state index in [0.717, 1.165) is 36.0 Å². The van der Waals surface area contributed by atoms with Gasteiger partial charge in [-0.3, -0.25) is 0 Å². The summed E-state index contributed by atoms with van der Waals surface area (Å²) < 4.78 is 0.882. The monoisotopic (exact) mass is 255 g/mol. The SMILES string of the molecule is Brc1cccc(NC[C@H]2CCNC2)n1. The zero-order valence-corrected chi connectivity index (χ0v) is 9.55. The highest BCUT2D eigenvalue weighted by molar-refractivity contribution is 9.10. The van der Waals surface area contributed by atoms with E-state index in [9.17, 15) is 0 Å². The summed E-state index contributed by atoms with van der Waals surface area (Å²) in [6.07, 6.45) is 1.26. The Morgan fingerprint density at radius 2 is 2.50 bits per heavy atom. The van der Waals surface area contributed by atoms with E-state index in [1.807, 2.05) is 18.2 Å². The Bertz CT molecular complexity index is 297. The Kier molecular flexibility index (Phi) is 3.37. The van der Waals surface area contributed by atoms with Crippen LogP contribution >= 0.6 is 15.9 Å². The standard InChI is InChI=1S/C10H14BrN3/c11-9-2-1-3-10(14-9)13-7-8-4-5-12-6-8/h1-3,8,12H,4-7H2,(H,13,14)/t8-/m0/s1. The largest absolute Gasteiger partial charge is 0.370 e. The Morgan fingerprint density at radius 1 is 1.57 bits per heavy atom. The lowest BCUT2D eigenvalue weighted by Crippen LogP contribution is -2.17. The number of rotatable bonds is 3. The molecule has 0 aliphatic carbocycles. The fraction of sp³-hybridized carbons (Fsp3) is 0.500. The molecule has 0 bridgehead atoms. The number of aromatic nitrogens is 1. The summed E-state index contributed by atoms with van der Waals surface area (Å²) >= 11 is 3.35. The molecule has 0 aromatic carbocycles. The molecule has 1 aliphatic rings. The molecule has 3 nitrogen and oxygen atoms in total. The van der Waals surface area contributed by atoms with E-state index in [2.05, 4.69) is 31.5 Å². The minimum Gasteiger partial charge on any atom is -0.370 e. The Hall–Kier alpha value is -0.610. The lowest BCUT2D eigenvalue weighted by atomic mass is 10.1. The third-order valence-electron chi connectivity index (χ3n) is 2.45. The quantitative estimate of drug-likeness (QED) is 0.810. The maximum absolute atomic E-state index is 4.32. The molecule has 0 unspecified atom stereocenters. The van der Waals surface area contributed by atoms with Crippen LogP contribution in [0.25, 0.3) is 0 Å². The van der Waals surface area contributed by atoms with Gasteiger partial charge in [0.2, 0.25) is 0 Å². The summed E-state index contributed by atoms with van der Waals surface area (Å²) in [4.78, 5) is 4.32. The smallest absolute Gasteiger partial charge is 0.127 e. The molecular formula is C10H14BrN3. The molecule has 1 fully saturated rings. The van der Waals surface area contributed by atoms with Crippen LogP contribution in [0.3, 0.4) is 0 Å². The van der Waals surface area contributed by atoms with Gasteiger partial charge in [-0.25, -0.2) is 4.98 Å². The van der Waals surface area contributed by atoms with Crippen molar-refractivity contribution >= 4 is 21.7 Å². The summed E-state index contributed by atoms with van der Waals surface area (Å²) in [7, 11) is 0. The fourth-order valence-electron chi connectivity index (χ4n) is 1.64. The van der Waals surface area contributed by atoms with Crippen molar-refractivity contribution in [2.24, 2.45) is 5.92 Å². The summed E-state index contributed by atoms with van der Waals surface area (Å²) in [5.41, 5.74) is 0. The molecule has 1 aromatic rings. The summed E-state index contributed by atoms with van der Waals surface area (Å²) in [6.45, 7) is 3.29. The topological polar surface area (TPSA) is 37.0 Å². The molecular weight excluding hydrogens is 242 g/mol. The first-order valence-electron chi connectivity index (χ1n) is 4.92. The van der Waals surface area contributed by atoms with E-state index in [0.29, 0.717) is 0 Å². The van der Waals surface area contributed by atoms with E-state index in [1.54, 1.807) is 0 Å². The number of nitrogens with one attached hydrogen (secondary N) is 2. The average molecular weight is 256 g/mol. The number of nitrogens with zero attached hydrogens (tertiary/aromatic N) is 1. The van der Waals surface area contributed by atoms with Crippen molar-refractivity contribution in [1.82, 2.24) is 10.3 Å². The van der Waals surface area contributed by atoms with Crippen LogP contribution < -0.4 is 10.6 Å². The third-order valence-corrected chi connectivity index (χ3v) is 2.89. The Morgan fingerprint density at radius 3 is 3.21 bits per heavy atom. The van der Waals surface area contributed by atoms with Gasteiger partial charge in [0.25, 0.3) is 0 Å². The number of hydrogen-bond donors (Lipinski definition) is 2. The number of halogens is 1. The molecule has 0 saturated carbocycles. The van der Waals surface area contributed by atoms with Crippen molar-refractivity contribution in [1.29, 1.82) is 0 Å². The Labute approximate surface area is 92.4 Å². The molecule has 4 heteroatoms. The highest BCUT2D eigenvalue weighted by Crippen LogP contribution is 2.12. The molecule has 2 N–H and O–H groups in total. The van der Waals surface area contributed by atoms with Crippen molar-refractivity contribution in [2.75, 3.05) is 25.0 Å². The van der Waals surface area contributed by atoms with Crippen molar-refractivity contribution in [2.45, 2.75) is 6.42 Å². The van der Waals surface area contributed by atoms with E-state index in [4.69, 9.17) is 0 Å². The molecule has 2 heterocycles. The number of pyridine rings is 1. The van der Waals surface area contributed by atoms with Crippen LogP contribution in [0, 0.1) is 5.92 Å². The second kappa shape index (κ2) is 4.75. The number of anilines is 1. The van der Waals surface area contributed by atoms with Crippen LogP contribution in [0.1, 0.15) is 6.42 Å². The average Bonchev–Trinajstić information content (AvgIpc) is 2.67. The molecule has 1 aliphatic heterocycles.